The summed E-state index contributed by atoms with van der Waals surface area (Å²) < 4.78 is 11.5. The summed E-state index contributed by atoms with van der Waals surface area (Å²) in [6.07, 6.45) is 7.62. The summed E-state index contributed by atoms with van der Waals surface area (Å²) in [6.45, 7) is 0. The minimum absolute atomic E-state index is 0.133. The van der Waals surface area contributed by atoms with E-state index in [0.717, 1.165) is 30.8 Å². The van der Waals surface area contributed by atoms with E-state index in [9.17, 15) is 4.79 Å². The van der Waals surface area contributed by atoms with Crippen molar-refractivity contribution in [1.29, 1.82) is 0 Å². The Bertz CT molecular complexity index is 1010. The Morgan fingerprint density at radius 1 is 1.14 bits per heavy atom. The van der Waals surface area contributed by atoms with Gasteiger partial charge in [-0.3, -0.25) is 4.79 Å². The van der Waals surface area contributed by atoms with E-state index in [1.54, 1.807) is 30.1 Å². The molecule has 146 valence electrons. The molecule has 5 rings (SSSR count). The number of furan rings is 1. The third-order valence-electron chi connectivity index (χ3n) is 5.25. The average Bonchev–Trinajstić information content (AvgIpc) is 3.21. The van der Waals surface area contributed by atoms with Crippen LogP contribution in [0.5, 0.6) is 0 Å². The predicted octanol–water partition coefficient (Wildman–Crippen LogP) is 5.18. The molecule has 2 aliphatic rings. The van der Waals surface area contributed by atoms with Crippen LogP contribution in [-0.2, 0) is 0 Å². The van der Waals surface area contributed by atoms with Gasteiger partial charge in [-0.15, -0.1) is 0 Å². The van der Waals surface area contributed by atoms with Crippen molar-refractivity contribution in [2.45, 2.75) is 60.8 Å². The van der Waals surface area contributed by atoms with Gasteiger partial charge in [0.2, 0.25) is 11.6 Å². The van der Waals surface area contributed by atoms with Gasteiger partial charge in [0, 0.05) is 23.4 Å². The quantitative estimate of drug-likeness (QED) is 0.616. The summed E-state index contributed by atoms with van der Waals surface area (Å²) in [5.74, 6) is 1.22. The third-order valence-corrected chi connectivity index (χ3v) is 6.72. The maximum Gasteiger partial charge on any atom is 0.287 e. The lowest BCUT2D eigenvalue weighted by Crippen LogP contribution is -2.37. The summed E-state index contributed by atoms with van der Waals surface area (Å²) in [5.41, 5.74) is 1.21. The maximum absolute atomic E-state index is 12.5. The number of pyridine rings is 1. The van der Waals surface area contributed by atoms with Gasteiger partial charge < -0.3 is 14.2 Å². The Hall–Kier alpha value is -1.99. The molecule has 0 aliphatic heterocycles. The molecule has 1 N–H and O–H groups in total. The Kier molecular flexibility index (Phi) is 4.80. The van der Waals surface area contributed by atoms with Crippen LogP contribution < -0.4 is 5.32 Å². The van der Waals surface area contributed by atoms with Crippen molar-refractivity contribution in [3.05, 3.63) is 41.1 Å². The standard InChI is InChI=1S/C20H20ClN3O3S/c21-12-9-15-20(22-10-12)27-19(24-15)11-1-3-13(4-2-11)23-18(25)16-7-8-17(26-16)28-14-5-6-14/h7-11,13-14H,1-6H2,(H,23,25). The van der Waals surface area contributed by atoms with Gasteiger partial charge in [0.15, 0.2) is 10.9 Å². The van der Waals surface area contributed by atoms with Gasteiger partial charge in [0.1, 0.15) is 5.52 Å². The lowest BCUT2D eigenvalue weighted by atomic mass is 9.86. The number of carbonyl (C=O) groups is 1. The van der Waals surface area contributed by atoms with Crippen molar-refractivity contribution in [3.8, 4) is 0 Å². The molecule has 0 aromatic carbocycles. The van der Waals surface area contributed by atoms with E-state index >= 15 is 0 Å². The normalized spacial score (nSPS) is 22.5. The molecule has 0 unspecified atom stereocenters. The highest BCUT2D eigenvalue weighted by Gasteiger charge is 2.28. The summed E-state index contributed by atoms with van der Waals surface area (Å²) in [7, 11) is 0. The number of thioether (sulfide) groups is 1. The number of fused-ring (bicyclic) bond motifs is 1. The van der Waals surface area contributed by atoms with Crippen molar-refractivity contribution in [2.75, 3.05) is 0 Å². The smallest absolute Gasteiger partial charge is 0.287 e. The lowest BCUT2D eigenvalue weighted by molar-refractivity contribution is 0.0891. The molecule has 0 saturated heterocycles. The molecule has 3 heterocycles. The van der Waals surface area contributed by atoms with Crippen LogP contribution in [0.25, 0.3) is 11.2 Å². The number of oxazole rings is 1. The highest BCUT2D eigenvalue weighted by atomic mass is 35.5. The van der Waals surface area contributed by atoms with Crippen LogP contribution in [0.2, 0.25) is 5.02 Å². The number of carbonyl (C=O) groups excluding carboxylic acids is 1. The second kappa shape index (κ2) is 7.44. The van der Waals surface area contributed by atoms with E-state index in [1.165, 1.54) is 12.8 Å². The SMILES string of the molecule is O=C(NC1CCC(c2nc3cc(Cl)cnc3o2)CC1)c1ccc(SC2CC2)o1. The number of aromatic nitrogens is 2. The maximum atomic E-state index is 12.5. The average molecular weight is 418 g/mol. The van der Waals surface area contributed by atoms with E-state index in [1.807, 2.05) is 6.07 Å². The van der Waals surface area contributed by atoms with Gasteiger partial charge in [-0.05, 0) is 56.7 Å². The summed E-state index contributed by atoms with van der Waals surface area (Å²) in [5, 5.41) is 5.15. The van der Waals surface area contributed by atoms with Crippen molar-refractivity contribution < 1.29 is 13.6 Å². The van der Waals surface area contributed by atoms with Crippen molar-refractivity contribution in [3.63, 3.8) is 0 Å². The van der Waals surface area contributed by atoms with Gasteiger partial charge in [0.25, 0.3) is 5.91 Å². The number of rotatable bonds is 5. The van der Waals surface area contributed by atoms with Gasteiger partial charge in [-0.25, -0.2) is 9.97 Å². The zero-order valence-corrected chi connectivity index (χ0v) is 16.8. The van der Waals surface area contributed by atoms with Crippen LogP contribution in [0.3, 0.4) is 0 Å². The first-order valence-electron chi connectivity index (χ1n) is 9.63. The monoisotopic (exact) mass is 417 g/mol. The Morgan fingerprint density at radius 2 is 1.96 bits per heavy atom. The highest BCUT2D eigenvalue weighted by Crippen LogP contribution is 2.39. The van der Waals surface area contributed by atoms with Crippen LogP contribution in [0.15, 0.2) is 38.3 Å². The first-order valence-corrected chi connectivity index (χ1v) is 10.9. The lowest BCUT2D eigenvalue weighted by Gasteiger charge is -2.27. The van der Waals surface area contributed by atoms with E-state index in [0.29, 0.717) is 33.2 Å². The molecule has 3 aromatic rings. The third kappa shape index (κ3) is 3.91. The molecule has 28 heavy (non-hydrogen) atoms. The first-order chi connectivity index (χ1) is 13.6. The van der Waals surface area contributed by atoms with Gasteiger partial charge in [-0.2, -0.15) is 0 Å². The van der Waals surface area contributed by atoms with Crippen LogP contribution in [0, 0.1) is 0 Å². The summed E-state index contributed by atoms with van der Waals surface area (Å²) >= 11 is 7.68. The van der Waals surface area contributed by atoms with Crippen LogP contribution in [0.4, 0.5) is 0 Å². The zero-order valence-electron chi connectivity index (χ0n) is 15.2. The number of halogens is 1. The fourth-order valence-electron chi connectivity index (χ4n) is 3.59. The molecule has 1 amide bonds. The minimum Gasteiger partial charge on any atom is -0.445 e. The number of hydrogen-bond donors (Lipinski definition) is 1. The van der Waals surface area contributed by atoms with Crippen LogP contribution in [-0.4, -0.2) is 27.2 Å². The molecule has 2 saturated carbocycles. The molecule has 8 heteroatoms. The van der Waals surface area contributed by atoms with E-state index in [2.05, 4.69) is 15.3 Å². The topological polar surface area (TPSA) is 81.2 Å². The van der Waals surface area contributed by atoms with Crippen LogP contribution >= 0.6 is 23.4 Å². The molecular formula is C20H20ClN3O3S. The van der Waals surface area contributed by atoms with E-state index in [-0.39, 0.29) is 17.9 Å². The van der Waals surface area contributed by atoms with Crippen molar-refractivity contribution in [2.24, 2.45) is 0 Å². The molecule has 0 atom stereocenters. The summed E-state index contributed by atoms with van der Waals surface area (Å²) in [6, 6.07) is 5.57. The number of nitrogens with zero attached hydrogens (tertiary/aromatic N) is 2. The second-order valence-electron chi connectivity index (χ2n) is 7.49. The van der Waals surface area contributed by atoms with Gasteiger partial charge in [-0.1, -0.05) is 23.4 Å². The van der Waals surface area contributed by atoms with Crippen molar-refractivity contribution >= 4 is 40.5 Å². The van der Waals surface area contributed by atoms with Gasteiger partial charge >= 0.3 is 0 Å². The predicted molar refractivity (Wildman–Crippen MR) is 107 cm³/mol. The van der Waals surface area contributed by atoms with Crippen LogP contribution in [0.1, 0.15) is 60.9 Å². The highest BCUT2D eigenvalue weighted by molar-refractivity contribution is 8.00. The minimum atomic E-state index is -0.133. The first kappa shape index (κ1) is 18.1. The molecule has 2 aliphatic carbocycles. The number of amides is 1. The summed E-state index contributed by atoms with van der Waals surface area (Å²) in [4.78, 5) is 21.2. The molecule has 0 radical (unpaired) electrons. The zero-order chi connectivity index (χ0) is 19.1. The van der Waals surface area contributed by atoms with Gasteiger partial charge in [0.05, 0.1) is 5.02 Å². The molecular weight excluding hydrogens is 398 g/mol. The largest absolute Gasteiger partial charge is 0.445 e. The molecule has 3 aromatic heterocycles. The number of hydrogen-bond acceptors (Lipinski definition) is 6. The Balaban J connectivity index is 1.17. The fraction of sp³-hybridized carbons (Fsp3) is 0.450. The molecule has 0 bridgehead atoms. The molecule has 6 nitrogen and oxygen atoms in total. The van der Waals surface area contributed by atoms with Crippen molar-refractivity contribution in [1.82, 2.24) is 15.3 Å². The molecule has 2 fully saturated rings. The number of nitrogens with one attached hydrogen (secondary N) is 1. The fourth-order valence-corrected chi connectivity index (χ4v) is 4.72. The Labute approximate surface area is 171 Å². The second-order valence-corrected chi connectivity index (χ2v) is 9.23. The Morgan fingerprint density at radius 3 is 2.75 bits per heavy atom. The van der Waals surface area contributed by atoms with E-state index < -0.39 is 0 Å². The van der Waals surface area contributed by atoms with E-state index in [4.69, 9.17) is 20.4 Å². The molecule has 0 spiro atoms.